The van der Waals surface area contributed by atoms with Crippen molar-refractivity contribution in [2.24, 2.45) is 40.9 Å². The Labute approximate surface area is 197 Å². The first-order chi connectivity index (χ1) is 15.8. The topological polar surface area (TPSA) is 68.0 Å². The van der Waals surface area contributed by atoms with Gasteiger partial charge in [-0.1, -0.05) is 19.1 Å². The van der Waals surface area contributed by atoms with Crippen molar-refractivity contribution in [2.45, 2.75) is 90.2 Å². The van der Waals surface area contributed by atoms with Crippen molar-refractivity contribution in [3.8, 4) is 0 Å². The standard InChI is InChI=1S/C28H39N3O2/c1-17(31-29-24-6-4-5-7-25(24)30-31)26(32)23-11-10-22-21-9-8-18-16-27(2,33)14-12-19(18)20(21)13-15-28(22,23)3/h4-7,17-23,33H,8-16H2,1-3H3/t17-,18-,19-,20+,21+,22-,23+,27+,28-/m0/s1. The zero-order valence-electron chi connectivity index (χ0n) is 20.4. The number of carbonyl (C=O) groups excluding carboxylic acids is 1. The molecule has 9 atom stereocenters. The maximum Gasteiger partial charge on any atom is 0.162 e. The fraction of sp³-hybridized carbons (Fsp3) is 0.750. The molecule has 4 aliphatic carbocycles. The first-order valence-corrected chi connectivity index (χ1v) is 13.3. The average Bonchev–Trinajstić information content (AvgIpc) is 3.38. The van der Waals surface area contributed by atoms with Crippen LogP contribution in [0.5, 0.6) is 0 Å². The second-order valence-corrected chi connectivity index (χ2v) is 12.4. The fourth-order valence-electron chi connectivity index (χ4n) is 9.00. The highest BCUT2D eigenvalue weighted by Gasteiger charge is 2.59. The van der Waals surface area contributed by atoms with Crippen LogP contribution in [0.2, 0.25) is 0 Å². The van der Waals surface area contributed by atoms with E-state index in [1.54, 1.807) is 4.80 Å². The number of aromatic nitrogens is 3. The lowest BCUT2D eigenvalue weighted by atomic mass is 9.49. The molecule has 4 fully saturated rings. The molecule has 6 rings (SSSR count). The summed E-state index contributed by atoms with van der Waals surface area (Å²) in [6, 6.07) is 7.55. The van der Waals surface area contributed by atoms with E-state index >= 15 is 0 Å². The molecule has 178 valence electrons. The quantitative estimate of drug-likeness (QED) is 0.664. The van der Waals surface area contributed by atoms with Gasteiger partial charge >= 0.3 is 0 Å². The third-order valence-corrected chi connectivity index (χ3v) is 10.6. The van der Waals surface area contributed by atoms with E-state index < -0.39 is 5.60 Å². The van der Waals surface area contributed by atoms with E-state index in [4.69, 9.17) is 0 Å². The number of rotatable bonds is 3. The first-order valence-electron chi connectivity index (χ1n) is 13.3. The third kappa shape index (κ3) is 3.40. The highest BCUT2D eigenvalue weighted by Crippen LogP contribution is 2.65. The summed E-state index contributed by atoms with van der Waals surface area (Å²) >= 11 is 0. The number of benzene rings is 1. The second-order valence-electron chi connectivity index (χ2n) is 12.4. The van der Waals surface area contributed by atoms with Crippen LogP contribution in [-0.2, 0) is 4.79 Å². The largest absolute Gasteiger partial charge is 0.390 e. The van der Waals surface area contributed by atoms with Crippen LogP contribution in [-0.4, -0.2) is 31.5 Å². The molecule has 1 N–H and O–H groups in total. The molecule has 0 radical (unpaired) electrons. The number of nitrogens with zero attached hydrogens (tertiary/aromatic N) is 3. The number of ketones is 1. The lowest BCUT2D eigenvalue weighted by molar-refractivity contribution is -0.135. The van der Waals surface area contributed by atoms with Gasteiger partial charge in [0.05, 0.1) is 5.60 Å². The van der Waals surface area contributed by atoms with Gasteiger partial charge in [-0.2, -0.15) is 15.0 Å². The molecule has 0 spiro atoms. The summed E-state index contributed by atoms with van der Waals surface area (Å²) in [5.41, 5.74) is 1.38. The molecular weight excluding hydrogens is 410 g/mol. The Balaban J connectivity index is 1.21. The van der Waals surface area contributed by atoms with Gasteiger partial charge in [-0.05, 0) is 119 Å². The molecule has 1 heterocycles. The van der Waals surface area contributed by atoms with Crippen molar-refractivity contribution < 1.29 is 9.90 Å². The van der Waals surface area contributed by atoms with Crippen LogP contribution in [0.3, 0.4) is 0 Å². The zero-order valence-corrected chi connectivity index (χ0v) is 20.4. The maximum atomic E-state index is 13.8. The van der Waals surface area contributed by atoms with Crippen LogP contribution >= 0.6 is 0 Å². The predicted octanol–water partition coefficient (Wildman–Crippen LogP) is 5.58. The molecule has 0 saturated heterocycles. The van der Waals surface area contributed by atoms with Crippen LogP contribution in [0.1, 0.15) is 84.6 Å². The van der Waals surface area contributed by atoms with E-state index in [9.17, 15) is 9.90 Å². The number of hydrogen-bond donors (Lipinski definition) is 1. The Kier molecular flexibility index (Phi) is 5.03. The third-order valence-electron chi connectivity index (χ3n) is 10.6. The van der Waals surface area contributed by atoms with Crippen molar-refractivity contribution in [3.05, 3.63) is 24.3 Å². The molecule has 5 nitrogen and oxygen atoms in total. The zero-order chi connectivity index (χ0) is 23.0. The van der Waals surface area contributed by atoms with Crippen molar-refractivity contribution in [2.75, 3.05) is 0 Å². The summed E-state index contributed by atoms with van der Waals surface area (Å²) in [6.45, 7) is 6.46. The smallest absolute Gasteiger partial charge is 0.162 e. The number of aliphatic hydroxyl groups is 1. The van der Waals surface area contributed by atoms with Crippen LogP contribution in [0, 0.1) is 40.9 Å². The molecule has 4 saturated carbocycles. The molecule has 2 aromatic rings. The lowest BCUT2D eigenvalue weighted by Gasteiger charge is -2.57. The summed E-state index contributed by atoms with van der Waals surface area (Å²) in [6.07, 6.45) is 10.4. The average molecular weight is 450 g/mol. The minimum absolute atomic E-state index is 0.117. The summed E-state index contributed by atoms with van der Waals surface area (Å²) in [5, 5.41) is 19.9. The highest BCUT2D eigenvalue weighted by atomic mass is 16.3. The van der Waals surface area contributed by atoms with Gasteiger partial charge in [0.15, 0.2) is 5.78 Å². The van der Waals surface area contributed by atoms with E-state index in [0.717, 1.165) is 48.0 Å². The normalized spacial score (nSPS) is 43.5. The molecular formula is C28H39N3O2. The predicted molar refractivity (Wildman–Crippen MR) is 128 cm³/mol. The summed E-state index contributed by atoms with van der Waals surface area (Å²) in [4.78, 5) is 15.5. The molecule has 5 heteroatoms. The summed E-state index contributed by atoms with van der Waals surface area (Å²) in [7, 11) is 0. The van der Waals surface area contributed by atoms with Crippen molar-refractivity contribution in [1.29, 1.82) is 0 Å². The number of hydrogen-bond acceptors (Lipinski definition) is 4. The summed E-state index contributed by atoms with van der Waals surface area (Å²) < 4.78 is 0. The van der Waals surface area contributed by atoms with E-state index in [-0.39, 0.29) is 17.4 Å². The molecule has 1 aromatic carbocycles. The van der Waals surface area contributed by atoms with Crippen molar-refractivity contribution >= 4 is 16.8 Å². The van der Waals surface area contributed by atoms with Crippen LogP contribution in [0.25, 0.3) is 11.0 Å². The Morgan fingerprint density at radius 1 is 0.970 bits per heavy atom. The highest BCUT2D eigenvalue weighted by molar-refractivity contribution is 5.86. The van der Waals surface area contributed by atoms with Crippen molar-refractivity contribution in [3.63, 3.8) is 0 Å². The van der Waals surface area contributed by atoms with Crippen LogP contribution in [0.15, 0.2) is 24.3 Å². The van der Waals surface area contributed by atoms with E-state index in [1.165, 1.54) is 38.5 Å². The van der Waals surface area contributed by atoms with Gasteiger partial charge in [0.2, 0.25) is 0 Å². The van der Waals surface area contributed by atoms with Gasteiger partial charge in [0.1, 0.15) is 17.1 Å². The molecule has 1 aromatic heterocycles. The van der Waals surface area contributed by atoms with E-state index in [1.807, 2.05) is 38.1 Å². The number of carbonyl (C=O) groups is 1. The minimum Gasteiger partial charge on any atom is -0.390 e. The van der Waals surface area contributed by atoms with Gasteiger partial charge in [0.25, 0.3) is 0 Å². The lowest BCUT2D eigenvalue weighted by Crippen LogP contribution is -2.51. The number of fused-ring (bicyclic) bond motifs is 6. The Morgan fingerprint density at radius 2 is 1.67 bits per heavy atom. The van der Waals surface area contributed by atoms with Gasteiger partial charge in [-0.3, -0.25) is 4.79 Å². The fourth-order valence-corrected chi connectivity index (χ4v) is 9.00. The van der Waals surface area contributed by atoms with Gasteiger partial charge in [0, 0.05) is 5.92 Å². The SMILES string of the molecule is C[C@@H](C(=O)[C@H]1CC[C@H]2[C@@H]3CC[C@H]4C[C@](C)(O)CC[C@@H]4[C@H]3CC[C@]12C)n1nc2ccccc2n1. The van der Waals surface area contributed by atoms with Crippen LogP contribution < -0.4 is 0 Å². The van der Waals surface area contributed by atoms with E-state index in [0.29, 0.717) is 17.6 Å². The maximum absolute atomic E-state index is 13.8. The number of Topliss-reactive ketones (excluding diaryl/α,β-unsaturated/α-hetero) is 1. The molecule has 0 unspecified atom stereocenters. The van der Waals surface area contributed by atoms with E-state index in [2.05, 4.69) is 17.1 Å². The Bertz CT molecular complexity index is 1030. The molecule has 0 amide bonds. The Hall–Kier alpha value is -1.75. The molecule has 33 heavy (non-hydrogen) atoms. The van der Waals surface area contributed by atoms with Gasteiger partial charge < -0.3 is 5.11 Å². The minimum atomic E-state index is -0.455. The first kappa shape index (κ1) is 21.8. The van der Waals surface area contributed by atoms with Gasteiger partial charge in [-0.15, -0.1) is 0 Å². The molecule has 4 aliphatic rings. The van der Waals surface area contributed by atoms with Gasteiger partial charge in [-0.25, -0.2) is 0 Å². The Morgan fingerprint density at radius 3 is 2.39 bits per heavy atom. The monoisotopic (exact) mass is 449 g/mol. The second kappa shape index (κ2) is 7.63. The summed E-state index contributed by atoms with van der Waals surface area (Å²) in [5.74, 6) is 4.21. The van der Waals surface area contributed by atoms with Crippen molar-refractivity contribution in [1.82, 2.24) is 15.0 Å². The molecule has 0 aliphatic heterocycles. The van der Waals surface area contributed by atoms with Crippen LogP contribution in [0.4, 0.5) is 0 Å². The molecule has 0 bridgehead atoms.